The van der Waals surface area contributed by atoms with Crippen molar-refractivity contribution in [1.82, 2.24) is 0 Å². The summed E-state index contributed by atoms with van der Waals surface area (Å²) in [5.74, 6) is 0.469. The highest BCUT2D eigenvalue weighted by Gasteiger charge is 2.11. The Kier molecular flexibility index (Phi) is 4.35. The number of primary amides is 1. The molecule has 0 aliphatic carbocycles. The largest absolute Gasteiger partial charge is 0.446 e. The third kappa shape index (κ3) is 3.57. The van der Waals surface area contributed by atoms with Gasteiger partial charge in [-0.2, -0.15) is 0 Å². The molecule has 0 heterocycles. The molecule has 0 aliphatic rings. The van der Waals surface area contributed by atoms with Crippen molar-refractivity contribution < 1.29 is 9.53 Å². The number of carbonyl (C=O) groups is 1. The lowest BCUT2D eigenvalue weighted by Gasteiger charge is -2.16. The van der Waals surface area contributed by atoms with E-state index in [0.717, 1.165) is 0 Å². The monoisotopic (exact) mass is 221 g/mol. The van der Waals surface area contributed by atoms with Crippen LogP contribution in [0.15, 0.2) is 24.3 Å². The Bertz CT molecular complexity index is 361. The minimum absolute atomic E-state index is 0.183. The molecule has 0 spiro atoms. The van der Waals surface area contributed by atoms with Crippen LogP contribution in [-0.4, -0.2) is 12.2 Å². The first-order valence-corrected chi connectivity index (χ1v) is 5.54. The van der Waals surface area contributed by atoms with Crippen LogP contribution in [0.25, 0.3) is 0 Å². The van der Waals surface area contributed by atoms with Crippen molar-refractivity contribution in [3.8, 4) is 0 Å². The maximum atomic E-state index is 10.6. The van der Waals surface area contributed by atoms with Crippen molar-refractivity contribution >= 4 is 6.09 Å². The second-order valence-electron chi connectivity index (χ2n) is 4.31. The molecule has 1 aromatic rings. The smallest absolute Gasteiger partial charge is 0.404 e. The first-order valence-electron chi connectivity index (χ1n) is 5.54. The molecule has 3 heteroatoms. The molecule has 2 N–H and O–H groups in total. The lowest BCUT2D eigenvalue weighted by atomic mass is 9.94. The molecule has 0 fully saturated rings. The Morgan fingerprint density at radius 2 is 1.94 bits per heavy atom. The van der Waals surface area contributed by atoms with Gasteiger partial charge in [-0.1, -0.05) is 38.1 Å². The van der Waals surface area contributed by atoms with Gasteiger partial charge in [0, 0.05) is 6.42 Å². The fraction of sp³-hybridized carbons (Fsp3) is 0.462. The van der Waals surface area contributed by atoms with Crippen LogP contribution in [-0.2, 0) is 11.2 Å². The van der Waals surface area contributed by atoms with Gasteiger partial charge in [-0.3, -0.25) is 0 Å². The highest BCUT2D eigenvalue weighted by molar-refractivity contribution is 5.64. The van der Waals surface area contributed by atoms with Gasteiger partial charge in [-0.25, -0.2) is 4.79 Å². The average molecular weight is 221 g/mol. The molecule has 1 rings (SSSR count). The van der Waals surface area contributed by atoms with E-state index in [1.54, 1.807) is 0 Å². The summed E-state index contributed by atoms with van der Waals surface area (Å²) in [6.45, 7) is 6.15. The molecule has 3 nitrogen and oxygen atoms in total. The number of benzene rings is 1. The number of nitrogens with two attached hydrogens (primary N) is 1. The topological polar surface area (TPSA) is 52.3 Å². The molecule has 1 unspecified atom stereocenters. The summed E-state index contributed by atoms with van der Waals surface area (Å²) in [7, 11) is 0. The van der Waals surface area contributed by atoms with Crippen LogP contribution in [0.2, 0.25) is 0 Å². The lowest BCUT2D eigenvalue weighted by Crippen LogP contribution is -2.22. The third-order valence-electron chi connectivity index (χ3n) is 2.50. The first-order chi connectivity index (χ1) is 7.50. The third-order valence-corrected chi connectivity index (χ3v) is 2.50. The van der Waals surface area contributed by atoms with Crippen molar-refractivity contribution in [2.75, 3.05) is 0 Å². The quantitative estimate of drug-likeness (QED) is 0.850. The standard InChI is InChI=1S/C13H19NO2/c1-9(2)12-7-5-4-6-11(12)8-10(3)16-13(14)15/h4-7,9-10H,8H2,1-3H3,(H2,14,15). The Labute approximate surface area is 96.6 Å². The van der Waals surface area contributed by atoms with E-state index in [9.17, 15) is 4.79 Å². The summed E-state index contributed by atoms with van der Waals surface area (Å²) in [6, 6.07) is 8.20. The van der Waals surface area contributed by atoms with Gasteiger partial charge >= 0.3 is 6.09 Å². The van der Waals surface area contributed by atoms with E-state index in [1.807, 2.05) is 19.1 Å². The van der Waals surface area contributed by atoms with Gasteiger partial charge in [0.1, 0.15) is 6.10 Å². The van der Waals surface area contributed by atoms with Gasteiger partial charge in [-0.15, -0.1) is 0 Å². The molecule has 0 bridgehead atoms. The predicted molar refractivity (Wildman–Crippen MR) is 64.4 cm³/mol. The molecule has 0 saturated carbocycles. The molecule has 1 amide bonds. The number of ether oxygens (including phenoxy) is 1. The number of hydrogen-bond donors (Lipinski definition) is 1. The van der Waals surface area contributed by atoms with Crippen molar-refractivity contribution in [2.45, 2.75) is 39.2 Å². The first kappa shape index (κ1) is 12.6. The van der Waals surface area contributed by atoms with Gasteiger partial charge in [0.25, 0.3) is 0 Å². The SMILES string of the molecule is CC(Cc1ccccc1C(C)C)OC(N)=O. The van der Waals surface area contributed by atoms with Crippen LogP contribution < -0.4 is 5.73 Å². The Hall–Kier alpha value is -1.51. The summed E-state index contributed by atoms with van der Waals surface area (Å²) < 4.78 is 4.93. The Morgan fingerprint density at radius 3 is 2.50 bits per heavy atom. The van der Waals surface area contributed by atoms with Crippen LogP contribution in [0.3, 0.4) is 0 Å². The highest BCUT2D eigenvalue weighted by Crippen LogP contribution is 2.20. The normalized spacial score (nSPS) is 12.5. The molecule has 0 aliphatic heterocycles. The molecule has 1 atom stereocenters. The Morgan fingerprint density at radius 1 is 1.31 bits per heavy atom. The van der Waals surface area contributed by atoms with Crippen molar-refractivity contribution in [1.29, 1.82) is 0 Å². The fourth-order valence-electron chi connectivity index (χ4n) is 1.83. The molecule has 0 saturated heterocycles. The van der Waals surface area contributed by atoms with Crippen LogP contribution in [0.4, 0.5) is 4.79 Å². The highest BCUT2D eigenvalue weighted by atomic mass is 16.6. The zero-order valence-corrected chi connectivity index (χ0v) is 10.1. The predicted octanol–water partition coefficient (Wildman–Crippen LogP) is 2.84. The Balaban J connectivity index is 2.76. The average Bonchev–Trinajstić information content (AvgIpc) is 2.16. The van der Waals surface area contributed by atoms with Crippen molar-refractivity contribution in [3.05, 3.63) is 35.4 Å². The summed E-state index contributed by atoms with van der Waals surface area (Å²) in [5.41, 5.74) is 7.49. The zero-order valence-electron chi connectivity index (χ0n) is 10.1. The molecular formula is C13H19NO2. The van der Waals surface area contributed by atoms with Gasteiger partial charge in [0.2, 0.25) is 0 Å². The number of hydrogen-bond acceptors (Lipinski definition) is 2. The molecule has 1 aromatic carbocycles. The van der Waals surface area contributed by atoms with Crippen LogP contribution in [0.5, 0.6) is 0 Å². The molecule has 0 aromatic heterocycles. The molecule has 16 heavy (non-hydrogen) atoms. The van der Waals surface area contributed by atoms with E-state index in [0.29, 0.717) is 12.3 Å². The van der Waals surface area contributed by atoms with E-state index >= 15 is 0 Å². The van der Waals surface area contributed by atoms with Gasteiger partial charge in [0.05, 0.1) is 0 Å². The van der Waals surface area contributed by atoms with Gasteiger partial charge in [0.15, 0.2) is 0 Å². The van der Waals surface area contributed by atoms with Crippen LogP contribution in [0, 0.1) is 0 Å². The maximum absolute atomic E-state index is 10.6. The maximum Gasteiger partial charge on any atom is 0.404 e. The minimum Gasteiger partial charge on any atom is -0.446 e. The van der Waals surface area contributed by atoms with Crippen LogP contribution >= 0.6 is 0 Å². The molecule has 88 valence electrons. The summed E-state index contributed by atoms with van der Waals surface area (Å²) in [4.78, 5) is 10.6. The van der Waals surface area contributed by atoms with Gasteiger partial charge in [-0.05, 0) is 24.0 Å². The van der Waals surface area contributed by atoms with Crippen LogP contribution in [0.1, 0.15) is 37.8 Å². The van der Waals surface area contributed by atoms with Gasteiger partial charge < -0.3 is 10.5 Å². The second-order valence-corrected chi connectivity index (χ2v) is 4.31. The van der Waals surface area contributed by atoms with Crippen molar-refractivity contribution in [2.24, 2.45) is 5.73 Å². The zero-order chi connectivity index (χ0) is 12.1. The fourth-order valence-corrected chi connectivity index (χ4v) is 1.83. The van der Waals surface area contributed by atoms with E-state index < -0.39 is 6.09 Å². The summed E-state index contributed by atoms with van der Waals surface area (Å²) in [6.07, 6.45) is -0.191. The number of carbonyl (C=O) groups excluding carboxylic acids is 1. The summed E-state index contributed by atoms with van der Waals surface area (Å²) >= 11 is 0. The second kappa shape index (κ2) is 5.54. The molecule has 0 radical (unpaired) electrons. The van der Waals surface area contributed by atoms with E-state index in [4.69, 9.17) is 10.5 Å². The number of rotatable bonds is 4. The lowest BCUT2D eigenvalue weighted by molar-refractivity contribution is 0.116. The van der Waals surface area contributed by atoms with Crippen molar-refractivity contribution in [3.63, 3.8) is 0 Å². The number of amides is 1. The van der Waals surface area contributed by atoms with E-state index in [-0.39, 0.29) is 6.10 Å². The minimum atomic E-state index is -0.713. The molecular weight excluding hydrogens is 202 g/mol. The van der Waals surface area contributed by atoms with E-state index in [1.165, 1.54) is 11.1 Å². The van der Waals surface area contributed by atoms with E-state index in [2.05, 4.69) is 26.0 Å². The summed E-state index contributed by atoms with van der Waals surface area (Å²) in [5, 5.41) is 0.